The number of rotatable bonds is 6. The van der Waals surface area contributed by atoms with Crippen LogP contribution in [0.5, 0.6) is 0 Å². The van der Waals surface area contributed by atoms with Crippen molar-refractivity contribution in [3.05, 3.63) is 12.2 Å². The molecule has 0 bridgehead atoms. The summed E-state index contributed by atoms with van der Waals surface area (Å²) < 4.78 is 21.0. The summed E-state index contributed by atoms with van der Waals surface area (Å²) >= 11 is 0. The van der Waals surface area contributed by atoms with E-state index in [1.165, 1.54) is 27.9 Å². The van der Waals surface area contributed by atoms with E-state index in [2.05, 4.69) is 6.58 Å². The van der Waals surface area contributed by atoms with Crippen LogP contribution in [0.4, 0.5) is 0 Å². The van der Waals surface area contributed by atoms with Crippen molar-refractivity contribution in [1.82, 2.24) is 0 Å². The molecule has 2 saturated carbocycles. The van der Waals surface area contributed by atoms with Crippen LogP contribution in [0.25, 0.3) is 0 Å². The Hall–Kier alpha value is -2.79. The van der Waals surface area contributed by atoms with Gasteiger partial charge in [0.2, 0.25) is 0 Å². The van der Waals surface area contributed by atoms with Gasteiger partial charge >= 0.3 is 23.9 Å². The lowest BCUT2D eigenvalue weighted by Gasteiger charge is -2.68. The van der Waals surface area contributed by atoms with Gasteiger partial charge in [0.05, 0.1) is 43.7 Å². The number of hydrogen-bond donors (Lipinski definition) is 2. The van der Waals surface area contributed by atoms with Crippen molar-refractivity contribution in [1.29, 1.82) is 0 Å². The fourth-order valence-corrected chi connectivity index (χ4v) is 8.23. The number of Topliss-reactive ketones (excluding diaryl/α,β-unsaturated/α-hetero) is 1. The predicted molar refractivity (Wildman–Crippen MR) is 139 cm³/mol. The largest absolute Gasteiger partial charge is 0.469 e. The zero-order chi connectivity index (χ0) is 30.8. The Kier molecular flexibility index (Phi) is 7.88. The van der Waals surface area contributed by atoms with E-state index in [4.69, 9.17) is 18.9 Å². The summed E-state index contributed by atoms with van der Waals surface area (Å²) in [7, 11) is 2.28. The average molecular weight is 567 g/mol. The minimum absolute atomic E-state index is 0.000388. The molecule has 2 N–H and O–H groups in total. The van der Waals surface area contributed by atoms with Gasteiger partial charge < -0.3 is 29.2 Å². The second-order valence-corrected chi connectivity index (χ2v) is 12.8. The first-order valence-corrected chi connectivity index (χ1v) is 13.4. The molecule has 9 atom stereocenters. The first-order chi connectivity index (χ1) is 18.2. The third kappa shape index (κ3) is 4.27. The summed E-state index contributed by atoms with van der Waals surface area (Å²) in [6.07, 6.45) is -2.71. The van der Waals surface area contributed by atoms with Crippen LogP contribution in [0.1, 0.15) is 67.7 Å². The minimum atomic E-state index is -2.22. The number of aliphatic hydroxyl groups excluding tert-OH is 1. The molecule has 2 aliphatic carbocycles. The molecule has 40 heavy (non-hydrogen) atoms. The number of cyclic esters (lactones) is 1. The van der Waals surface area contributed by atoms with Gasteiger partial charge in [0.1, 0.15) is 6.10 Å². The smallest absolute Gasteiger partial charge is 0.358 e. The van der Waals surface area contributed by atoms with E-state index >= 15 is 0 Å². The molecule has 3 fully saturated rings. The average Bonchev–Trinajstić information content (AvgIpc) is 2.84. The van der Waals surface area contributed by atoms with E-state index in [1.54, 1.807) is 27.7 Å². The van der Waals surface area contributed by atoms with Crippen molar-refractivity contribution in [2.75, 3.05) is 14.2 Å². The molecule has 1 heterocycles. The Labute approximate surface area is 234 Å². The fourth-order valence-electron chi connectivity index (χ4n) is 8.23. The maximum absolute atomic E-state index is 14.1. The highest BCUT2D eigenvalue weighted by atomic mass is 16.6. The van der Waals surface area contributed by atoms with Gasteiger partial charge in [0.25, 0.3) is 5.60 Å². The maximum Gasteiger partial charge on any atom is 0.358 e. The molecule has 1 saturated heterocycles. The highest BCUT2D eigenvalue weighted by Gasteiger charge is 2.77. The Balaban J connectivity index is 2.34. The number of allylic oxidation sites excluding steroid dienone is 1. The Morgan fingerprint density at radius 1 is 1.12 bits per heavy atom. The van der Waals surface area contributed by atoms with Crippen molar-refractivity contribution < 1.29 is 53.1 Å². The van der Waals surface area contributed by atoms with Gasteiger partial charge in [-0.2, -0.15) is 0 Å². The molecule has 0 aromatic rings. The normalized spacial score (nSPS) is 40.2. The van der Waals surface area contributed by atoms with Gasteiger partial charge in [-0.1, -0.05) is 26.0 Å². The van der Waals surface area contributed by atoms with Crippen LogP contribution in [0, 0.1) is 34.0 Å². The molecule has 0 radical (unpaired) electrons. The number of fused-ring (bicyclic) bond motifs is 3. The van der Waals surface area contributed by atoms with E-state index in [0.29, 0.717) is 5.57 Å². The van der Waals surface area contributed by atoms with Crippen LogP contribution in [-0.4, -0.2) is 77.5 Å². The standard InChI is InChI=1S/C29H42O11/c1-14-11-17-27(6,18(31)13-20(32)37-9)16(25(3,4)36)12-19(39-15(2)30)28(17,7)21-22(33)40-29(8,24(35)38-10)23(34)26(14,21)5/h16-19,21,31,36H,1,11-13H2,2-10H3/t16-,17-,18-,19-,21-,26-,27-,28+,29-/m1/s1. The van der Waals surface area contributed by atoms with Gasteiger partial charge in [0, 0.05) is 17.8 Å². The number of ketones is 1. The highest BCUT2D eigenvalue weighted by molar-refractivity contribution is 6.15. The summed E-state index contributed by atoms with van der Waals surface area (Å²) in [6, 6.07) is 0. The molecule has 1 aliphatic heterocycles. The third-order valence-corrected chi connectivity index (χ3v) is 10.3. The summed E-state index contributed by atoms with van der Waals surface area (Å²) in [5, 5.41) is 23.0. The molecule has 3 aliphatic rings. The lowest BCUT2D eigenvalue weighted by atomic mass is 9.36. The maximum atomic E-state index is 14.1. The molecule has 3 rings (SSSR count). The second-order valence-electron chi connectivity index (χ2n) is 12.8. The monoisotopic (exact) mass is 566 g/mol. The molecular weight excluding hydrogens is 524 g/mol. The Morgan fingerprint density at radius 2 is 1.70 bits per heavy atom. The van der Waals surface area contributed by atoms with E-state index < -0.39 is 93.5 Å². The van der Waals surface area contributed by atoms with Crippen molar-refractivity contribution in [3.8, 4) is 0 Å². The molecule has 11 heteroatoms. The first-order valence-electron chi connectivity index (χ1n) is 13.4. The summed E-state index contributed by atoms with van der Waals surface area (Å²) in [5.41, 5.74) is -7.60. The molecule has 224 valence electrons. The number of hydrogen-bond acceptors (Lipinski definition) is 11. The summed E-state index contributed by atoms with van der Waals surface area (Å²) in [5.74, 6) is -6.72. The minimum Gasteiger partial charge on any atom is -0.469 e. The quantitative estimate of drug-likeness (QED) is 0.209. The van der Waals surface area contributed by atoms with Gasteiger partial charge in [-0.05, 0) is 52.4 Å². The Bertz CT molecular complexity index is 1140. The molecule has 0 aromatic carbocycles. The van der Waals surface area contributed by atoms with Crippen LogP contribution in [0.15, 0.2) is 12.2 Å². The molecular formula is C29H42O11. The molecule has 0 spiro atoms. The van der Waals surface area contributed by atoms with Crippen molar-refractivity contribution in [2.24, 2.45) is 34.0 Å². The van der Waals surface area contributed by atoms with E-state index in [-0.39, 0.29) is 12.8 Å². The fraction of sp³-hybridized carbons (Fsp3) is 0.759. The van der Waals surface area contributed by atoms with E-state index in [0.717, 1.165) is 7.11 Å². The highest BCUT2D eigenvalue weighted by Crippen LogP contribution is 2.71. The van der Waals surface area contributed by atoms with Crippen molar-refractivity contribution in [3.63, 3.8) is 0 Å². The number of aliphatic hydroxyl groups is 2. The summed E-state index contributed by atoms with van der Waals surface area (Å²) in [6.45, 7) is 14.7. The van der Waals surface area contributed by atoms with Crippen LogP contribution >= 0.6 is 0 Å². The Morgan fingerprint density at radius 3 is 2.17 bits per heavy atom. The van der Waals surface area contributed by atoms with Gasteiger partial charge in [0.15, 0.2) is 5.78 Å². The molecule has 0 amide bonds. The van der Waals surface area contributed by atoms with E-state index in [1.807, 2.05) is 0 Å². The molecule has 11 nitrogen and oxygen atoms in total. The van der Waals surface area contributed by atoms with Crippen LogP contribution < -0.4 is 0 Å². The first kappa shape index (κ1) is 31.7. The lowest BCUT2D eigenvalue weighted by molar-refractivity contribution is -0.264. The topological polar surface area (TPSA) is 163 Å². The number of carbonyl (C=O) groups excluding carboxylic acids is 5. The third-order valence-electron chi connectivity index (χ3n) is 10.3. The van der Waals surface area contributed by atoms with Crippen LogP contribution in [0.2, 0.25) is 0 Å². The predicted octanol–water partition coefficient (Wildman–Crippen LogP) is 1.90. The van der Waals surface area contributed by atoms with Crippen molar-refractivity contribution in [2.45, 2.75) is 91.1 Å². The van der Waals surface area contributed by atoms with Gasteiger partial charge in [-0.15, -0.1) is 0 Å². The molecule has 0 aromatic heterocycles. The number of methoxy groups -OCH3 is 2. The SMILES string of the molecule is C=C1C[C@@H]2[C@](C)([C@H](O)CC(=O)OC)[C@@H](C(C)(C)O)C[C@@H](OC(C)=O)[C@@]2(C)[C@@H]2C(=O)O[C@@](C)(C(=O)OC)C(=O)[C@]12C. The second kappa shape index (κ2) is 9.94. The zero-order valence-electron chi connectivity index (χ0n) is 24.8. The van der Waals surface area contributed by atoms with Gasteiger partial charge in [-0.3, -0.25) is 19.2 Å². The number of esters is 4. The zero-order valence-corrected chi connectivity index (χ0v) is 24.8. The number of carbonyl (C=O) groups is 5. The van der Waals surface area contributed by atoms with Crippen molar-refractivity contribution >= 4 is 29.7 Å². The number of ether oxygens (including phenoxy) is 4. The van der Waals surface area contributed by atoms with Crippen LogP contribution in [0.3, 0.4) is 0 Å². The van der Waals surface area contributed by atoms with Gasteiger partial charge in [-0.25, -0.2) is 4.79 Å². The van der Waals surface area contributed by atoms with Crippen LogP contribution in [-0.2, 0) is 42.9 Å². The van der Waals surface area contributed by atoms with E-state index in [9.17, 15) is 34.2 Å². The molecule has 0 unspecified atom stereocenters. The lowest BCUT2D eigenvalue weighted by Crippen LogP contribution is -2.75. The summed E-state index contributed by atoms with van der Waals surface area (Å²) in [4.78, 5) is 65.5.